The molecule has 6 nitrogen and oxygen atoms in total. The monoisotopic (exact) mass is 400 g/mol. The quantitative estimate of drug-likeness (QED) is 0.746. The van der Waals surface area contributed by atoms with Crippen LogP contribution in [0, 0.1) is 0 Å². The van der Waals surface area contributed by atoms with Crippen molar-refractivity contribution < 1.29 is 19.1 Å². The summed E-state index contributed by atoms with van der Waals surface area (Å²) in [7, 11) is 1.36. The van der Waals surface area contributed by atoms with Gasteiger partial charge in [0.05, 0.1) is 23.4 Å². The van der Waals surface area contributed by atoms with E-state index in [4.69, 9.17) is 39.5 Å². The molecule has 0 radical (unpaired) electrons. The van der Waals surface area contributed by atoms with Crippen molar-refractivity contribution in [3.05, 3.63) is 57.6 Å². The van der Waals surface area contributed by atoms with Crippen LogP contribution in [-0.2, 0) is 0 Å². The average molecular weight is 402 g/mol. The molecule has 0 fully saturated rings. The number of anilines is 1. The molecule has 9 heteroatoms. The highest BCUT2D eigenvalue weighted by Gasteiger charge is 2.16. The lowest BCUT2D eigenvalue weighted by Crippen LogP contribution is -2.34. The molecule has 0 heterocycles. The van der Waals surface area contributed by atoms with Gasteiger partial charge < -0.3 is 10.1 Å². The smallest absolute Gasteiger partial charge is 0.326 e. The topological polar surface area (TPSA) is 84.5 Å². The van der Waals surface area contributed by atoms with Gasteiger partial charge in [-0.15, -0.1) is 0 Å². The van der Waals surface area contributed by atoms with Gasteiger partial charge in [0, 0.05) is 10.6 Å². The first-order valence-electron chi connectivity index (χ1n) is 6.77. The van der Waals surface area contributed by atoms with Crippen LogP contribution in [0.5, 0.6) is 5.75 Å². The third-order valence-electron chi connectivity index (χ3n) is 3.08. The molecule has 2 aromatic rings. The summed E-state index contributed by atoms with van der Waals surface area (Å²) in [5, 5.41) is 4.38. The third-order valence-corrected chi connectivity index (χ3v) is 3.85. The number of hydrogen-bond acceptors (Lipinski definition) is 4. The van der Waals surface area contributed by atoms with Gasteiger partial charge in [-0.25, -0.2) is 4.79 Å². The van der Waals surface area contributed by atoms with Crippen molar-refractivity contribution in [2.45, 2.75) is 0 Å². The molecule has 130 valence electrons. The van der Waals surface area contributed by atoms with Gasteiger partial charge in [-0.2, -0.15) is 0 Å². The van der Waals surface area contributed by atoms with Crippen LogP contribution in [0.15, 0.2) is 36.4 Å². The van der Waals surface area contributed by atoms with Crippen LogP contribution in [0.4, 0.5) is 10.5 Å². The van der Waals surface area contributed by atoms with E-state index in [2.05, 4.69) is 10.6 Å². The van der Waals surface area contributed by atoms with Crippen molar-refractivity contribution in [2.75, 3.05) is 12.4 Å². The fourth-order valence-electron chi connectivity index (χ4n) is 1.91. The van der Waals surface area contributed by atoms with E-state index < -0.39 is 17.2 Å². The van der Waals surface area contributed by atoms with Gasteiger partial charge in [-0.3, -0.25) is 14.9 Å². The van der Waals surface area contributed by atoms with Crippen molar-refractivity contribution in [3.8, 4) is 5.75 Å². The van der Waals surface area contributed by atoms with Gasteiger partial charge in [0.15, 0.2) is 0 Å². The summed E-state index contributed by atoms with van der Waals surface area (Å²) in [4.78, 5) is 35.2. The molecule has 0 aliphatic rings. The highest BCUT2D eigenvalue weighted by atomic mass is 35.5. The lowest BCUT2D eigenvalue weighted by Gasteiger charge is -2.12. The normalized spacial score (nSPS) is 10.1. The Hall–Kier alpha value is -2.28. The number of urea groups is 1. The van der Waals surface area contributed by atoms with Crippen LogP contribution >= 0.6 is 34.8 Å². The Morgan fingerprint density at radius 3 is 2.36 bits per heavy atom. The molecule has 2 N–H and O–H groups in total. The van der Waals surface area contributed by atoms with E-state index in [1.165, 1.54) is 43.5 Å². The van der Waals surface area contributed by atoms with Gasteiger partial charge in [-0.05, 0) is 48.0 Å². The molecule has 0 saturated carbocycles. The number of methoxy groups -OCH3 is 1. The SMILES string of the molecule is COc1cc(C(=O)Cl)ccc1NC(=O)NC(=O)c1ccc(Cl)cc1Cl. The molecule has 0 unspecified atom stereocenters. The molecule has 0 atom stereocenters. The number of carbonyl (C=O) groups is 3. The predicted molar refractivity (Wildman–Crippen MR) is 96.1 cm³/mol. The minimum Gasteiger partial charge on any atom is -0.495 e. The molecular formula is C16H11Cl3N2O4. The third kappa shape index (κ3) is 4.85. The van der Waals surface area contributed by atoms with E-state index in [9.17, 15) is 14.4 Å². The number of benzene rings is 2. The first-order chi connectivity index (χ1) is 11.8. The second kappa shape index (κ2) is 8.20. The summed E-state index contributed by atoms with van der Waals surface area (Å²) in [5.41, 5.74) is 0.543. The standard InChI is InChI=1S/C16H11Cl3N2O4/c1-25-13-6-8(14(19)22)2-5-12(13)20-16(24)21-15(23)10-4-3-9(17)7-11(10)18/h2-7H,1H3,(H2,20,21,23,24). The zero-order valence-corrected chi connectivity index (χ0v) is 15.0. The summed E-state index contributed by atoms with van der Waals surface area (Å²) in [6.07, 6.45) is 0. The number of imide groups is 1. The van der Waals surface area contributed by atoms with E-state index in [0.29, 0.717) is 5.02 Å². The van der Waals surface area contributed by atoms with Gasteiger partial charge in [0.1, 0.15) is 5.75 Å². The van der Waals surface area contributed by atoms with E-state index in [1.807, 2.05) is 0 Å². The molecule has 2 aromatic carbocycles. The number of ether oxygens (including phenoxy) is 1. The summed E-state index contributed by atoms with van der Waals surface area (Å²) in [5.74, 6) is -0.496. The summed E-state index contributed by atoms with van der Waals surface area (Å²) >= 11 is 17.1. The number of halogens is 3. The molecule has 0 aliphatic carbocycles. The van der Waals surface area contributed by atoms with Crippen LogP contribution in [0.2, 0.25) is 10.0 Å². The molecule has 25 heavy (non-hydrogen) atoms. The molecule has 0 aliphatic heterocycles. The van der Waals surface area contributed by atoms with E-state index in [1.54, 1.807) is 0 Å². The van der Waals surface area contributed by atoms with Crippen LogP contribution in [0.1, 0.15) is 20.7 Å². The minimum absolute atomic E-state index is 0.0938. The number of hydrogen-bond donors (Lipinski definition) is 2. The molecule has 0 bridgehead atoms. The molecular weight excluding hydrogens is 391 g/mol. The zero-order chi connectivity index (χ0) is 18.6. The number of amides is 3. The Balaban J connectivity index is 2.12. The van der Waals surface area contributed by atoms with Crippen molar-refractivity contribution in [1.29, 1.82) is 0 Å². The molecule has 0 spiro atoms. The Kier molecular flexibility index (Phi) is 6.25. The number of rotatable bonds is 4. The van der Waals surface area contributed by atoms with Gasteiger partial charge in [0.2, 0.25) is 0 Å². The van der Waals surface area contributed by atoms with E-state index in [0.717, 1.165) is 0 Å². The maximum absolute atomic E-state index is 12.1. The Morgan fingerprint density at radius 2 is 1.76 bits per heavy atom. The number of carbonyl (C=O) groups excluding carboxylic acids is 3. The van der Waals surface area contributed by atoms with Gasteiger partial charge in [0.25, 0.3) is 11.1 Å². The average Bonchev–Trinajstić information content (AvgIpc) is 2.54. The van der Waals surface area contributed by atoms with Crippen LogP contribution in [-0.4, -0.2) is 24.3 Å². The highest BCUT2D eigenvalue weighted by molar-refractivity contribution is 6.67. The van der Waals surface area contributed by atoms with Crippen molar-refractivity contribution in [3.63, 3.8) is 0 Å². The molecule has 0 saturated heterocycles. The first kappa shape index (κ1) is 19.1. The van der Waals surface area contributed by atoms with Crippen LogP contribution in [0.25, 0.3) is 0 Å². The van der Waals surface area contributed by atoms with E-state index >= 15 is 0 Å². The summed E-state index contributed by atoms with van der Waals surface area (Å²) in [6.45, 7) is 0. The largest absolute Gasteiger partial charge is 0.495 e. The van der Waals surface area contributed by atoms with Crippen molar-refractivity contribution in [1.82, 2.24) is 5.32 Å². The van der Waals surface area contributed by atoms with Crippen molar-refractivity contribution in [2.24, 2.45) is 0 Å². The Morgan fingerprint density at radius 1 is 1.04 bits per heavy atom. The first-order valence-corrected chi connectivity index (χ1v) is 7.90. The highest BCUT2D eigenvalue weighted by Crippen LogP contribution is 2.26. The lowest BCUT2D eigenvalue weighted by molar-refractivity contribution is 0.0966. The van der Waals surface area contributed by atoms with Crippen molar-refractivity contribution >= 4 is 57.7 Å². The zero-order valence-electron chi connectivity index (χ0n) is 12.7. The fraction of sp³-hybridized carbons (Fsp3) is 0.0625. The van der Waals surface area contributed by atoms with E-state index in [-0.39, 0.29) is 27.6 Å². The number of nitrogens with one attached hydrogen (secondary N) is 2. The predicted octanol–water partition coefficient (Wildman–Crippen LogP) is 4.34. The van der Waals surface area contributed by atoms with Crippen LogP contribution < -0.4 is 15.4 Å². The summed E-state index contributed by atoms with van der Waals surface area (Å²) in [6, 6.07) is 7.65. The maximum atomic E-state index is 12.1. The summed E-state index contributed by atoms with van der Waals surface area (Å²) < 4.78 is 5.08. The Labute approximate surface area is 158 Å². The lowest BCUT2D eigenvalue weighted by atomic mass is 10.2. The molecule has 2 rings (SSSR count). The minimum atomic E-state index is -0.806. The molecule has 0 aromatic heterocycles. The Bertz CT molecular complexity index is 855. The second-order valence-corrected chi connectivity index (χ2v) is 5.91. The van der Waals surface area contributed by atoms with Gasteiger partial charge in [-0.1, -0.05) is 23.2 Å². The maximum Gasteiger partial charge on any atom is 0.326 e. The van der Waals surface area contributed by atoms with Crippen LogP contribution in [0.3, 0.4) is 0 Å². The second-order valence-electron chi connectivity index (χ2n) is 4.72. The van der Waals surface area contributed by atoms with Gasteiger partial charge >= 0.3 is 6.03 Å². The fourth-order valence-corrected chi connectivity index (χ4v) is 2.53. The molecule has 3 amide bonds.